The minimum Gasteiger partial charge on any atom is -0.385 e. The molecule has 0 unspecified atom stereocenters. The van der Waals surface area contributed by atoms with Crippen LogP contribution in [0.5, 0.6) is 0 Å². The van der Waals surface area contributed by atoms with Crippen molar-refractivity contribution in [1.29, 1.82) is 0 Å². The van der Waals surface area contributed by atoms with Gasteiger partial charge < -0.3 is 10.6 Å². The van der Waals surface area contributed by atoms with E-state index in [0.717, 1.165) is 33.5 Å². The maximum absolute atomic E-state index is 12.4. The van der Waals surface area contributed by atoms with Crippen LogP contribution in [0.1, 0.15) is 28.4 Å². The summed E-state index contributed by atoms with van der Waals surface area (Å²) in [6, 6.07) is 11.6. The van der Waals surface area contributed by atoms with Crippen LogP contribution in [-0.2, 0) is 0 Å². The first kappa shape index (κ1) is 15.6. The summed E-state index contributed by atoms with van der Waals surface area (Å²) < 4.78 is 1.00. The van der Waals surface area contributed by atoms with E-state index in [1.165, 1.54) is 0 Å². The van der Waals surface area contributed by atoms with E-state index in [2.05, 4.69) is 26.6 Å². The molecule has 0 fully saturated rings. The van der Waals surface area contributed by atoms with Gasteiger partial charge in [0.1, 0.15) is 0 Å². The zero-order chi connectivity index (χ0) is 15.4. The zero-order valence-corrected chi connectivity index (χ0v) is 14.0. The van der Waals surface area contributed by atoms with Crippen LogP contribution < -0.4 is 10.6 Å². The first-order valence-corrected chi connectivity index (χ1v) is 7.72. The van der Waals surface area contributed by atoms with Crippen LogP contribution in [0.25, 0.3) is 0 Å². The first-order chi connectivity index (χ1) is 10.0. The summed E-state index contributed by atoms with van der Waals surface area (Å²) in [7, 11) is 0. The summed E-state index contributed by atoms with van der Waals surface area (Å²) in [4.78, 5) is 12.4. The van der Waals surface area contributed by atoms with Gasteiger partial charge in [-0.1, -0.05) is 15.9 Å². The van der Waals surface area contributed by atoms with Gasteiger partial charge in [-0.25, -0.2) is 0 Å². The Kier molecular flexibility index (Phi) is 5.02. The van der Waals surface area contributed by atoms with Crippen molar-refractivity contribution in [1.82, 2.24) is 0 Å². The van der Waals surface area contributed by atoms with E-state index >= 15 is 0 Å². The largest absolute Gasteiger partial charge is 0.385 e. The van der Waals surface area contributed by atoms with Gasteiger partial charge in [0.05, 0.1) is 0 Å². The van der Waals surface area contributed by atoms with E-state index in [9.17, 15) is 4.79 Å². The van der Waals surface area contributed by atoms with Gasteiger partial charge in [0.15, 0.2) is 0 Å². The highest BCUT2D eigenvalue weighted by atomic mass is 79.9. The molecule has 2 aromatic rings. The molecule has 0 aliphatic heterocycles. The summed E-state index contributed by atoms with van der Waals surface area (Å²) in [6.07, 6.45) is 0. The highest BCUT2D eigenvalue weighted by molar-refractivity contribution is 9.10. The van der Waals surface area contributed by atoms with Crippen molar-refractivity contribution >= 4 is 33.2 Å². The third-order valence-electron chi connectivity index (χ3n) is 3.29. The second-order valence-corrected chi connectivity index (χ2v) is 5.89. The molecule has 3 nitrogen and oxygen atoms in total. The van der Waals surface area contributed by atoms with E-state index < -0.39 is 0 Å². The summed E-state index contributed by atoms with van der Waals surface area (Å²) in [5, 5.41) is 6.21. The van der Waals surface area contributed by atoms with Crippen molar-refractivity contribution in [2.45, 2.75) is 20.8 Å². The van der Waals surface area contributed by atoms with Crippen molar-refractivity contribution in [2.24, 2.45) is 0 Å². The maximum atomic E-state index is 12.4. The van der Waals surface area contributed by atoms with Gasteiger partial charge in [-0.3, -0.25) is 4.79 Å². The second-order valence-electron chi connectivity index (χ2n) is 4.97. The number of amides is 1. The number of benzene rings is 2. The maximum Gasteiger partial charge on any atom is 0.255 e. The number of hydrogen-bond acceptors (Lipinski definition) is 2. The predicted molar refractivity (Wildman–Crippen MR) is 92.2 cm³/mol. The lowest BCUT2D eigenvalue weighted by molar-refractivity contribution is 0.102. The Morgan fingerprint density at radius 3 is 2.48 bits per heavy atom. The van der Waals surface area contributed by atoms with Gasteiger partial charge in [-0.05, 0) is 68.3 Å². The Morgan fingerprint density at radius 2 is 1.86 bits per heavy atom. The van der Waals surface area contributed by atoms with E-state index in [1.807, 2.05) is 57.2 Å². The molecule has 110 valence electrons. The van der Waals surface area contributed by atoms with Crippen molar-refractivity contribution in [3.05, 3.63) is 57.6 Å². The van der Waals surface area contributed by atoms with E-state index in [1.54, 1.807) is 0 Å². The average molecular weight is 347 g/mol. The third-order valence-corrected chi connectivity index (χ3v) is 3.78. The van der Waals surface area contributed by atoms with Crippen LogP contribution in [0.15, 0.2) is 40.9 Å². The Morgan fingerprint density at radius 1 is 1.10 bits per heavy atom. The predicted octanol–water partition coefficient (Wildman–Crippen LogP) is 4.75. The number of rotatable bonds is 4. The number of aryl methyl sites for hydroxylation is 2. The van der Waals surface area contributed by atoms with Crippen LogP contribution in [0.3, 0.4) is 0 Å². The molecule has 21 heavy (non-hydrogen) atoms. The topological polar surface area (TPSA) is 41.1 Å². The van der Waals surface area contributed by atoms with Gasteiger partial charge >= 0.3 is 0 Å². The van der Waals surface area contributed by atoms with E-state index in [4.69, 9.17) is 0 Å². The summed E-state index contributed by atoms with van der Waals surface area (Å²) in [5.41, 5.74) is 4.55. The van der Waals surface area contributed by atoms with Crippen LogP contribution in [0.4, 0.5) is 11.4 Å². The molecule has 2 rings (SSSR count). The first-order valence-electron chi connectivity index (χ1n) is 6.93. The van der Waals surface area contributed by atoms with Crippen molar-refractivity contribution in [3.8, 4) is 0 Å². The number of nitrogens with one attached hydrogen (secondary N) is 2. The van der Waals surface area contributed by atoms with Crippen LogP contribution in [-0.4, -0.2) is 12.5 Å². The third kappa shape index (κ3) is 3.85. The highest BCUT2D eigenvalue weighted by Gasteiger charge is 2.11. The second kappa shape index (κ2) is 6.76. The molecule has 0 aromatic heterocycles. The SMILES string of the molecule is CCNc1ccc(C(=O)Nc2ccc(Br)cc2C)c(C)c1. The quantitative estimate of drug-likeness (QED) is 0.838. The molecule has 2 N–H and O–H groups in total. The van der Waals surface area contributed by atoms with Gasteiger partial charge in [-0.2, -0.15) is 0 Å². The Hall–Kier alpha value is -1.81. The fourth-order valence-electron chi connectivity index (χ4n) is 2.19. The van der Waals surface area contributed by atoms with Crippen molar-refractivity contribution in [3.63, 3.8) is 0 Å². The molecule has 0 aliphatic rings. The van der Waals surface area contributed by atoms with E-state index in [0.29, 0.717) is 5.56 Å². The lowest BCUT2D eigenvalue weighted by Crippen LogP contribution is -2.14. The molecular formula is C17H19BrN2O. The molecule has 0 bridgehead atoms. The van der Waals surface area contributed by atoms with Gasteiger partial charge in [0.2, 0.25) is 0 Å². The summed E-state index contributed by atoms with van der Waals surface area (Å²) in [5.74, 6) is -0.0824. The smallest absolute Gasteiger partial charge is 0.255 e. The number of halogens is 1. The van der Waals surface area contributed by atoms with Gasteiger partial charge in [0.25, 0.3) is 5.91 Å². The molecule has 0 atom stereocenters. The summed E-state index contributed by atoms with van der Waals surface area (Å²) >= 11 is 3.42. The normalized spacial score (nSPS) is 10.3. The molecule has 0 heterocycles. The fraction of sp³-hybridized carbons (Fsp3) is 0.235. The molecular weight excluding hydrogens is 328 g/mol. The van der Waals surface area contributed by atoms with Crippen molar-refractivity contribution in [2.75, 3.05) is 17.2 Å². The molecule has 0 radical (unpaired) electrons. The molecule has 0 saturated heterocycles. The Bertz CT molecular complexity index is 668. The highest BCUT2D eigenvalue weighted by Crippen LogP contribution is 2.22. The molecule has 1 amide bonds. The molecule has 4 heteroatoms. The van der Waals surface area contributed by atoms with Crippen LogP contribution in [0, 0.1) is 13.8 Å². The lowest BCUT2D eigenvalue weighted by atomic mass is 10.1. The fourth-order valence-corrected chi connectivity index (χ4v) is 2.67. The van der Waals surface area contributed by atoms with E-state index in [-0.39, 0.29) is 5.91 Å². The van der Waals surface area contributed by atoms with Crippen molar-refractivity contribution < 1.29 is 4.79 Å². The Balaban J connectivity index is 2.20. The average Bonchev–Trinajstić information content (AvgIpc) is 2.42. The minimum atomic E-state index is -0.0824. The number of carbonyl (C=O) groups is 1. The molecule has 0 saturated carbocycles. The zero-order valence-electron chi connectivity index (χ0n) is 12.5. The van der Waals surface area contributed by atoms with Crippen LogP contribution >= 0.6 is 15.9 Å². The standard InChI is InChI=1S/C17H19BrN2O/c1-4-19-14-6-7-15(11(2)10-14)17(21)20-16-8-5-13(18)9-12(16)3/h5-10,19H,4H2,1-3H3,(H,20,21). The van der Waals surface area contributed by atoms with Gasteiger partial charge in [0, 0.05) is 28.0 Å². The number of anilines is 2. The molecule has 2 aromatic carbocycles. The molecule has 0 aliphatic carbocycles. The number of hydrogen-bond donors (Lipinski definition) is 2. The minimum absolute atomic E-state index is 0.0824. The monoisotopic (exact) mass is 346 g/mol. The molecule has 0 spiro atoms. The van der Waals surface area contributed by atoms with Gasteiger partial charge in [-0.15, -0.1) is 0 Å². The number of carbonyl (C=O) groups excluding carboxylic acids is 1. The van der Waals surface area contributed by atoms with Crippen LogP contribution in [0.2, 0.25) is 0 Å². The Labute approximate surface area is 133 Å². The summed E-state index contributed by atoms with van der Waals surface area (Å²) in [6.45, 7) is 6.83. The lowest BCUT2D eigenvalue weighted by Gasteiger charge is -2.12.